The highest BCUT2D eigenvalue weighted by Gasteiger charge is 2.43. The highest BCUT2D eigenvalue weighted by molar-refractivity contribution is 7.07. The molecule has 0 saturated carbocycles. The Hall–Kier alpha value is -1.01. The van der Waals surface area contributed by atoms with Crippen LogP contribution in [0, 0.1) is 6.92 Å². The fraction of sp³-hybridized carbons (Fsp3) is 0.727. The summed E-state index contributed by atoms with van der Waals surface area (Å²) in [4.78, 5) is 15.0. The van der Waals surface area contributed by atoms with Crippen LogP contribution in [0.1, 0.15) is 41.0 Å². The van der Waals surface area contributed by atoms with Crippen molar-refractivity contribution < 1.29 is 9.90 Å². The van der Waals surface area contributed by atoms with Gasteiger partial charge in [0.15, 0.2) is 0 Å². The molecule has 2 aliphatic heterocycles. The number of rotatable bonds is 1. The minimum atomic E-state index is -0.239. The van der Waals surface area contributed by atoms with Crippen LogP contribution in [0.15, 0.2) is 0 Å². The van der Waals surface area contributed by atoms with Crippen LogP contribution in [0.3, 0.4) is 0 Å². The zero-order valence-electron chi connectivity index (χ0n) is 9.67. The number of aryl methyl sites for hydroxylation is 1. The van der Waals surface area contributed by atoms with Crippen LogP contribution >= 0.6 is 11.5 Å². The fourth-order valence-corrected chi connectivity index (χ4v) is 3.63. The molecule has 2 aliphatic rings. The maximum absolute atomic E-state index is 12.4. The molecule has 2 saturated heterocycles. The normalized spacial score (nSPS) is 31.9. The Bertz CT molecular complexity index is 434. The average molecular weight is 253 g/mol. The van der Waals surface area contributed by atoms with Crippen LogP contribution in [-0.2, 0) is 0 Å². The first-order valence-electron chi connectivity index (χ1n) is 5.96. The number of nitrogens with zero attached hydrogens (tertiary/aromatic N) is 3. The Kier molecular flexibility index (Phi) is 2.63. The lowest BCUT2D eigenvalue weighted by Gasteiger charge is -2.36. The van der Waals surface area contributed by atoms with Crippen LogP contribution < -0.4 is 0 Å². The molecule has 2 fully saturated rings. The van der Waals surface area contributed by atoms with Crippen molar-refractivity contribution in [3.8, 4) is 0 Å². The SMILES string of the molecule is Cc1nnsc1C(=O)N1C2CCC1CC(O)C2. The van der Waals surface area contributed by atoms with E-state index in [1.807, 2.05) is 11.8 Å². The van der Waals surface area contributed by atoms with Crippen LogP contribution in [-0.4, -0.2) is 43.7 Å². The van der Waals surface area contributed by atoms with E-state index >= 15 is 0 Å². The summed E-state index contributed by atoms with van der Waals surface area (Å²) >= 11 is 1.17. The molecule has 1 amide bonds. The summed E-state index contributed by atoms with van der Waals surface area (Å²) < 4.78 is 3.82. The molecule has 0 aromatic carbocycles. The first-order valence-corrected chi connectivity index (χ1v) is 6.74. The van der Waals surface area contributed by atoms with Crippen molar-refractivity contribution in [2.24, 2.45) is 0 Å². The van der Waals surface area contributed by atoms with Gasteiger partial charge in [-0.3, -0.25) is 4.79 Å². The topological polar surface area (TPSA) is 66.3 Å². The van der Waals surface area contributed by atoms with Gasteiger partial charge in [0.2, 0.25) is 0 Å². The Morgan fingerprint density at radius 3 is 2.59 bits per heavy atom. The van der Waals surface area contributed by atoms with E-state index in [1.54, 1.807) is 0 Å². The number of carbonyl (C=O) groups is 1. The van der Waals surface area contributed by atoms with Crippen molar-refractivity contribution in [3.63, 3.8) is 0 Å². The molecule has 3 heterocycles. The smallest absolute Gasteiger partial charge is 0.268 e. The van der Waals surface area contributed by atoms with Gasteiger partial charge in [0.25, 0.3) is 5.91 Å². The highest BCUT2D eigenvalue weighted by atomic mass is 32.1. The van der Waals surface area contributed by atoms with Gasteiger partial charge in [-0.1, -0.05) is 4.49 Å². The summed E-state index contributed by atoms with van der Waals surface area (Å²) in [5.74, 6) is 0.0527. The number of hydrogen-bond acceptors (Lipinski definition) is 5. The predicted octanol–water partition coefficient (Wildman–Crippen LogP) is 0.974. The van der Waals surface area contributed by atoms with Gasteiger partial charge in [-0.25, -0.2) is 0 Å². The lowest BCUT2D eigenvalue weighted by atomic mass is 9.99. The van der Waals surface area contributed by atoms with Gasteiger partial charge in [0.1, 0.15) is 4.88 Å². The summed E-state index contributed by atoms with van der Waals surface area (Å²) in [6.07, 6.45) is 3.22. The summed E-state index contributed by atoms with van der Waals surface area (Å²) in [5, 5.41) is 13.6. The number of hydrogen-bond donors (Lipinski definition) is 1. The van der Waals surface area contributed by atoms with Crippen LogP contribution in [0.4, 0.5) is 0 Å². The van der Waals surface area contributed by atoms with Crippen LogP contribution in [0.2, 0.25) is 0 Å². The number of aliphatic hydroxyl groups is 1. The zero-order chi connectivity index (χ0) is 12.0. The Labute approximate surface area is 104 Å². The number of fused-ring (bicyclic) bond motifs is 2. The first kappa shape index (κ1) is 11.1. The third-order valence-corrected chi connectivity index (χ3v) is 4.60. The molecule has 92 valence electrons. The molecule has 3 rings (SSSR count). The number of amides is 1. The third-order valence-electron chi connectivity index (χ3n) is 3.79. The molecular weight excluding hydrogens is 238 g/mol. The minimum absolute atomic E-state index is 0.0527. The molecule has 1 N–H and O–H groups in total. The maximum atomic E-state index is 12.4. The standard InChI is InChI=1S/C11H15N3O2S/c1-6-10(17-13-12-6)11(16)14-7-2-3-8(14)5-9(15)4-7/h7-9,15H,2-5H2,1H3. The summed E-state index contributed by atoms with van der Waals surface area (Å²) in [6.45, 7) is 1.82. The average Bonchev–Trinajstić information content (AvgIpc) is 2.81. The van der Waals surface area contributed by atoms with E-state index in [9.17, 15) is 9.90 Å². The fourth-order valence-electron chi connectivity index (χ4n) is 3.02. The molecule has 2 atom stereocenters. The molecule has 6 heteroatoms. The zero-order valence-corrected chi connectivity index (χ0v) is 10.5. The van der Waals surface area contributed by atoms with Gasteiger partial charge < -0.3 is 10.0 Å². The van der Waals surface area contributed by atoms with Gasteiger partial charge in [0.05, 0.1) is 11.8 Å². The van der Waals surface area contributed by atoms with E-state index in [2.05, 4.69) is 9.59 Å². The second-order valence-electron chi connectivity index (χ2n) is 4.91. The quantitative estimate of drug-likeness (QED) is 0.810. The van der Waals surface area contributed by atoms with Gasteiger partial charge in [0, 0.05) is 12.1 Å². The van der Waals surface area contributed by atoms with Gasteiger partial charge in [-0.15, -0.1) is 5.10 Å². The van der Waals surface area contributed by atoms with E-state index in [0.29, 0.717) is 23.4 Å². The molecule has 0 spiro atoms. The van der Waals surface area contributed by atoms with Crippen molar-refractivity contribution in [1.82, 2.24) is 14.5 Å². The Balaban J connectivity index is 1.86. The molecule has 17 heavy (non-hydrogen) atoms. The second-order valence-corrected chi connectivity index (χ2v) is 5.66. The van der Waals surface area contributed by atoms with Crippen molar-refractivity contribution in [1.29, 1.82) is 0 Å². The van der Waals surface area contributed by atoms with Crippen molar-refractivity contribution in [2.45, 2.75) is 50.8 Å². The lowest BCUT2D eigenvalue weighted by molar-refractivity contribution is 0.0290. The van der Waals surface area contributed by atoms with Crippen molar-refractivity contribution >= 4 is 17.4 Å². The molecule has 1 aromatic heterocycles. The second kappa shape index (κ2) is 4.03. The largest absolute Gasteiger partial charge is 0.393 e. The Morgan fingerprint density at radius 2 is 2.06 bits per heavy atom. The van der Waals surface area contributed by atoms with E-state index < -0.39 is 0 Å². The minimum Gasteiger partial charge on any atom is -0.393 e. The molecule has 1 aromatic rings. The predicted molar refractivity (Wildman–Crippen MR) is 62.9 cm³/mol. The monoisotopic (exact) mass is 253 g/mol. The van der Waals surface area contributed by atoms with Gasteiger partial charge >= 0.3 is 0 Å². The lowest BCUT2D eigenvalue weighted by Crippen LogP contribution is -2.47. The van der Waals surface area contributed by atoms with E-state index in [4.69, 9.17) is 0 Å². The number of piperidine rings is 1. The van der Waals surface area contributed by atoms with Crippen LogP contribution in [0.25, 0.3) is 0 Å². The van der Waals surface area contributed by atoms with Crippen LogP contribution in [0.5, 0.6) is 0 Å². The van der Waals surface area contributed by atoms with E-state index in [-0.39, 0.29) is 24.1 Å². The van der Waals surface area contributed by atoms with E-state index in [1.165, 1.54) is 11.5 Å². The van der Waals surface area contributed by atoms with E-state index in [0.717, 1.165) is 12.8 Å². The van der Waals surface area contributed by atoms with Crippen molar-refractivity contribution in [2.75, 3.05) is 0 Å². The molecule has 2 bridgehead atoms. The molecule has 0 radical (unpaired) electrons. The third kappa shape index (κ3) is 1.75. The van der Waals surface area contributed by atoms with Crippen molar-refractivity contribution in [3.05, 3.63) is 10.6 Å². The molecule has 0 aliphatic carbocycles. The van der Waals surface area contributed by atoms with Gasteiger partial charge in [-0.2, -0.15) is 0 Å². The summed E-state index contributed by atoms with van der Waals surface area (Å²) in [7, 11) is 0. The summed E-state index contributed by atoms with van der Waals surface area (Å²) in [6, 6.07) is 0.412. The molecular formula is C11H15N3O2S. The number of aromatic nitrogens is 2. The summed E-state index contributed by atoms with van der Waals surface area (Å²) in [5.41, 5.74) is 0.713. The molecule has 2 unspecified atom stereocenters. The first-order chi connectivity index (χ1) is 8.16. The van der Waals surface area contributed by atoms with Gasteiger partial charge in [-0.05, 0) is 44.1 Å². The highest BCUT2D eigenvalue weighted by Crippen LogP contribution is 2.37. The maximum Gasteiger partial charge on any atom is 0.268 e. The number of aliphatic hydroxyl groups excluding tert-OH is 1. The molecule has 5 nitrogen and oxygen atoms in total. The number of carbonyl (C=O) groups excluding carboxylic acids is 1. The Morgan fingerprint density at radius 1 is 1.41 bits per heavy atom.